The predicted octanol–water partition coefficient (Wildman–Crippen LogP) is 4.27. The minimum Gasteiger partial charge on any atom is -0.445 e. The molecule has 2 heterocycles. The lowest BCUT2D eigenvalue weighted by atomic mass is 9.74. The molecule has 1 aliphatic carbocycles. The predicted molar refractivity (Wildman–Crippen MR) is 136 cm³/mol. The van der Waals surface area contributed by atoms with E-state index < -0.39 is 12.1 Å². The highest BCUT2D eigenvalue weighted by atomic mass is 16.6. The first-order chi connectivity index (χ1) is 17.1. The van der Waals surface area contributed by atoms with Gasteiger partial charge < -0.3 is 15.0 Å². The fourth-order valence-electron chi connectivity index (χ4n) is 6.18. The van der Waals surface area contributed by atoms with Gasteiger partial charge in [0.2, 0.25) is 5.91 Å². The Bertz CT molecular complexity index is 1020. The summed E-state index contributed by atoms with van der Waals surface area (Å²) < 4.78 is 5.46. The zero-order valence-corrected chi connectivity index (χ0v) is 20.6. The number of amides is 2. The number of hydrogen-bond acceptors (Lipinski definition) is 4. The molecule has 6 heteroatoms. The molecule has 5 rings (SSSR count). The minimum absolute atomic E-state index is 0.0562. The zero-order chi connectivity index (χ0) is 24.1. The van der Waals surface area contributed by atoms with Gasteiger partial charge in [-0.2, -0.15) is 0 Å². The van der Waals surface area contributed by atoms with Crippen molar-refractivity contribution in [3.63, 3.8) is 0 Å². The van der Waals surface area contributed by atoms with Crippen LogP contribution in [0.4, 0.5) is 4.79 Å². The molecule has 0 saturated carbocycles. The summed E-state index contributed by atoms with van der Waals surface area (Å²) in [6.45, 7) is 4.72. The first kappa shape index (κ1) is 23.9. The average Bonchev–Trinajstić information content (AvgIpc) is 3.53. The smallest absolute Gasteiger partial charge is 0.410 e. The van der Waals surface area contributed by atoms with Crippen LogP contribution in [0.25, 0.3) is 0 Å². The van der Waals surface area contributed by atoms with Crippen LogP contribution in [-0.4, -0.2) is 60.6 Å². The van der Waals surface area contributed by atoms with E-state index in [2.05, 4.69) is 34.5 Å². The van der Waals surface area contributed by atoms with Crippen molar-refractivity contribution >= 4 is 12.0 Å². The normalized spacial score (nSPS) is 21.1. The van der Waals surface area contributed by atoms with Crippen LogP contribution < -0.4 is 5.32 Å². The fourth-order valence-corrected chi connectivity index (χ4v) is 6.18. The van der Waals surface area contributed by atoms with Gasteiger partial charge >= 0.3 is 6.09 Å². The number of carbonyl (C=O) groups is 2. The molecule has 0 radical (unpaired) electrons. The van der Waals surface area contributed by atoms with E-state index in [1.807, 2.05) is 30.3 Å². The van der Waals surface area contributed by atoms with Crippen molar-refractivity contribution in [2.75, 3.05) is 32.7 Å². The number of ether oxygens (including phenoxy) is 1. The summed E-state index contributed by atoms with van der Waals surface area (Å²) in [7, 11) is 0. The second kappa shape index (κ2) is 10.8. The molecule has 1 N–H and O–H groups in total. The van der Waals surface area contributed by atoms with E-state index in [9.17, 15) is 9.59 Å². The highest BCUT2D eigenvalue weighted by Crippen LogP contribution is 2.46. The van der Waals surface area contributed by atoms with Gasteiger partial charge in [-0.25, -0.2) is 4.79 Å². The fraction of sp³-hybridized carbons (Fsp3) is 0.517. The van der Waals surface area contributed by atoms with Crippen LogP contribution in [0.15, 0.2) is 54.6 Å². The molecule has 2 aliphatic heterocycles. The van der Waals surface area contributed by atoms with Crippen molar-refractivity contribution in [3.05, 3.63) is 71.3 Å². The Hall–Kier alpha value is -2.86. The van der Waals surface area contributed by atoms with E-state index in [1.165, 1.54) is 25.7 Å². The molecule has 186 valence electrons. The van der Waals surface area contributed by atoms with Gasteiger partial charge in [-0.15, -0.1) is 0 Å². The molecule has 3 aliphatic rings. The molecular formula is C29H37N3O3. The molecule has 2 aromatic rings. The first-order valence-electron chi connectivity index (χ1n) is 13.2. The molecule has 2 amide bonds. The van der Waals surface area contributed by atoms with Crippen molar-refractivity contribution in [1.29, 1.82) is 0 Å². The van der Waals surface area contributed by atoms with Crippen molar-refractivity contribution < 1.29 is 14.3 Å². The number of carbonyl (C=O) groups excluding carboxylic acids is 2. The number of fused-ring (bicyclic) bond motifs is 2. The third-order valence-corrected chi connectivity index (χ3v) is 8.22. The number of piperidine rings is 1. The Labute approximate surface area is 208 Å². The number of hydrogen-bond donors (Lipinski definition) is 1. The second-order valence-corrected chi connectivity index (χ2v) is 10.3. The van der Waals surface area contributed by atoms with Crippen molar-refractivity contribution in [1.82, 2.24) is 15.1 Å². The molecule has 1 spiro atoms. The number of nitrogens with zero attached hydrogens (tertiary/aromatic N) is 2. The Balaban J connectivity index is 1.02. The summed E-state index contributed by atoms with van der Waals surface area (Å²) >= 11 is 0. The molecular weight excluding hydrogens is 438 g/mol. The minimum atomic E-state index is -0.421. The number of benzene rings is 2. The van der Waals surface area contributed by atoms with Crippen LogP contribution in [0.5, 0.6) is 0 Å². The Morgan fingerprint density at radius 3 is 2.57 bits per heavy atom. The Kier molecular flexibility index (Phi) is 7.37. The lowest BCUT2D eigenvalue weighted by molar-refractivity contribution is -0.125. The number of rotatable bonds is 7. The van der Waals surface area contributed by atoms with Gasteiger partial charge in [0.05, 0.1) is 0 Å². The summed E-state index contributed by atoms with van der Waals surface area (Å²) in [6.07, 6.45) is 7.04. The summed E-state index contributed by atoms with van der Waals surface area (Å²) in [5.74, 6) is -0.0562. The third-order valence-electron chi connectivity index (χ3n) is 8.22. The van der Waals surface area contributed by atoms with Gasteiger partial charge in [-0.1, -0.05) is 54.6 Å². The highest BCUT2D eigenvalue weighted by Gasteiger charge is 2.40. The molecule has 2 fully saturated rings. The number of likely N-dealkylation sites (tertiary alicyclic amines) is 2. The van der Waals surface area contributed by atoms with E-state index in [1.54, 1.807) is 16.0 Å². The molecule has 2 saturated heterocycles. The van der Waals surface area contributed by atoms with Crippen molar-refractivity contribution in [2.45, 2.75) is 63.0 Å². The van der Waals surface area contributed by atoms with Gasteiger partial charge in [-0.05, 0) is 86.7 Å². The average molecular weight is 476 g/mol. The van der Waals surface area contributed by atoms with Gasteiger partial charge in [0.25, 0.3) is 0 Å². The van der Waals surface area contributed by atoms with Gasteiger partial charge in [0.1, 0.15) is 12.6 Å². The molecule has 2 aromatic carbocycles. The maximum Gasteiger partial charge on any atom is 0.410 e. The standard InChI is InChI=1S/C29H37N3O3/c33-27(26-12-6-19-32(26)28(34)35-22-23-8-2-1-3-9-23)30-17-7-18-31-20-15-29(16-21-31)14-13-24-10-4-5-11-25(24)29/h1-5,8-11,26H,6-7,12-22H2,(H,30,33)/t26-/m1/s1. The first-order valence-corrected chi connectivity index (χ1v) is 13.2. The van der Waals surface area contributed by atoms with Gasteiger partial charge in [0, 0.05) is 13.1 Å². The summed E-state index contributed by atoms with van der Waals surface area (Å²) in [5.41, 5.74) is 4.48. The van der Waals surface area contributed by atoms with Crippen LogP contribution in [0.3, 0.4) is 0 Å². The quantitative estimate of drug-likeness (QED) is 0.608. The lowest BCUT2D eigenvalue weighted by Gasteiger charge is -2.40. The SMILES string of the molecule is O=C(NCCCN1CCC2(CCc3ccccc32)CC1)[C@H]1CCCN1C(=O)OCc1ccccc1. The van der Waals surface area contributed by atoms with Crippen molar-refractivity contribution in [2.24, 2.45) is 0 Å². The van der Waals surface area contributed by atoms with Gasteiger partial charge in [-0.3, -0.25) is 9.69 Å². The topological polar surface area (TPSA) is 61.9 Å². The summed E-state index contributed by atoms with van der Waals surface area (Å²) in [5, 5.41) is 3.07. The van der Waals surface area contributed by atoms with E-state index in [0.717, 1.165) is 38.0 Å². The number of nitrogens with one attached hydrogen (secondary N) is 1. The summed E-state index contributed by atoms with van der Waals surface area (Å²) in [6, 6.07) is 18.2. The maximum absolute atomic E-state index is 12.8. The molecule has 1 atom stereocenters. The lowest BCUT2D eigenvalue weighted by Crippen LogP contribution is -2.47. The molecule has 0 aromatic heterocycles. The Morgan fingerprint density at radius 1 is 0.971 bits per heavy atom. The molecule has 0 bridgehead atoms. The van der Waals surface area contributed by atoms with Crippen LogP contribution in [0.1, 0.15) is 55.2 Å². The highest BCUT2D eigenvalue weighted by molar-refractivity contribution is 5.86. The maximum atomic E-state index is 12.8. The second-order valence-electron chi connectivity index (χ2n) is 10.3. The molecule has 35 heavy (non-hydrogen) atoms. The van der Waals surface area contributed by atoms with E-state index >= 15 is 0 Å². The molecule has 6 nitrogen and oxygen atoms in total. The van der Waals surface area contributed by atoms with E-state index in [0.29, 0.717) is 24.9 Å². The van der Waals surface area contributed by atoms with Gasteiger partial charge in [0.15, 0.2) is 0 Å². The third kappa shape index (κ3) is 5.37. The van der Waals surface area contributed by atoms with Crippen LogP contribution in [0.2, 0.25) is 0 Å². The van der Waals surface area contributed by atoms with Crippen LogP contribution >= 0.6 is 0 Å². The van der Waals surface area contributed by atoms with Crippen LogP contribution in [-0.2, 0) is 28.0 Å². The Morgan fingerprint density at radius 2 is 1.74 bits per heavy atom. The number of aryl methyl sites for hydroxylation is 1. The summed E-state index contributed by atoms with van der Waals surface area (Å²) in [4.78, 5) is 29.5. The zero-order valence-electron chi connectivity index (χ0n) is 20.6. The monoisotopic (exact) mass is 475 g/mol. The van der Waals surface area contributed by atoms with Crippen molar-refractivity contribution in [3.8, 4) is 0 Å². The largest absolute Gasteiger partial charge is 0.445 e. The van der Waals surface area contributed by atoms with Crippen LogP contribution in [0, 0.1) is 0 Å². The van der Waals surface area contributed by atoms with E-state index in [4.69, 9.17) is 4.74 Å². The molecule has 0 unspecified atom stereocenters. The van der Waals surface area contributed by atoms with E-state index in [-0.39, 0.29) is 12.5 Å².